The Hall–Kier alpha value is -1.05. The van der Waals surface area contributed by atoms with E-state index in [4.69, 9.17) is 10.6 Å². The van der Waals surface area contributed by atoms with Crippen LogP contribution in [0.4, 0.5) is 11.6 Å². The zero-order valence-electron chi connectivity index (χ0n) is 10.7. The number of anilines is 2. The fraction of sp³-hybridized carbons (Fsp3) is 0.636. The summed E-state index contributed by atoms with van der Waals surface area (Å²) in [4.78, 5) is 8.60. The van der Waals surface area contributed by atoms with Gasteiger partial charge in [-0.2, -0.15) is 0 Å². The lowest BCUT2D eigenvalue weighted by atomic mass is 9.80. The van der Waals surface area contributed by atoms with Gasteiger partial charge in [0.05, 0.1) is 5.60 Å². The van der Waals surface area contributed by atoms with Crippen LogP contribution in [-0.4, -0.2) is 35.5 Å². The molecule has 0 bridgehead atoms. The summed E-state index contributed by atoms with van der Waals surface area (Å²) in [6.45, 7) is 0.762. The second kappa shape index (κ2) is 5.73. The fourth-order valence-corrected chi connectivity index (χ4v) is 2.34. The Labute approximate surface area is 111 Å². The lowest BCUT2D eigenvalue weighted by Crippen LogP contribution is -2.45. The van der Waals surface area contributed by atoms with Gasteiger partial charge in [0.1, 0.15) is 11.6 Å². The second-order valence-corrected chi connectivity index (χ2v) is 5.14. The van der Waals surface area contributed by atoms with Gasteiger partial charge < -0.3 is 15.5 Å². The summed E-state index contributed by atoms with van der Waals surface area (Å²) in [5, 5.41) is 3.99. The summed E-state index contributed by atoms with van der Waals surface area (Å²) in [7, 11) is 1.76. The maximum absolute atomic E-state index is 5.56. The number of hydrogen-bond donors (Lipinski definition) is 3. The van der Waals surface area contributed by atoms with Crippen LogP contribution in [0.25, 0.3) is 0 Å². The molecule has 1 heterocycles. The van der Waals surface area contributed by atoms with Crippen LogP contribution in [0.2, 0.25) is 0 Å². The molecule has 0 saturated heterocycles. The first-order valence-electron chi connectivity index (χ1n) is 5.90. The molecular formula is C11H19N5OS. The Bertz CT molecular complexity index is 383. The summed E-state index contributed by atoms with van der Waals surface area (Å²) in [6.07, 6.45) is 5.35. The molecule has 2 rings (SSSR count). The maximum Gasteiger partial charge on any atom is 0.191 e. The molecule has 1 aliphatic rings. The van der Waals surface area contributed by atoms with Crippen molar-refractivity contribution in [2.24, 2.45) is 5.84 Å². The third-order valence-corrected chi connectivity index (χ3v) is 3.87. The van der Waals surface area contributed by atoms with Crippen molar-refractivity contribution in [3.8, 4) is 0 Å². The lowest BCUT2D eigenvalue weighted by Gasteiger charge is -2.40. The van der Waals surface area contributed by atoms with Gasteiger partial charge in [0.2, 0.25) is 0 Å². The van der Waals surface area contributed by atoms with E-state index in [-0.39, 0.29) is 5.60 Å². The van der Waals surface area contributed by atoms with Gasteiger partial charge in [0.25, 0.3) is 0 Å². The topological polar surface area (TPSA) is 85.1 Å². The molecule has 0 amide bonds. The first-order valence-corrected chi connectivity index (χ1v) is 7.12. The number of nitrogens with zero attached hydrogens (tertiary/aromatic N) is 2. The molecule has 7 heteroatoms. The van der Waals surface area contributed by atoms with Crippen LogP contribution in [0, 0.1) is 0 Å². The first-order chi connectivity index (χ1) is 8.71. The summed E-state index contributed by atoms with van der Waals surface area (Å²) in [5.74, 6) is 6.76. The van der Waals surface area contributed by atoms with Gasteiger partial charge in [0, 0.05) is 19.7 Å². The standard InChI is InChI=1S/C11H19N5OS/c1-17-11(4-3-5-11)7-13-8-6-9(16-12)15-10(14-8)18-2/h6H,3-5,7,12H2,1-2H3,(H2,13,14,15,16). The molecule has 4 N–H and O–H groups in total. The van der Waals surface area contributed by atoms with Crippen molar-refractivity contribution in [3.63, 3.8) is 0 Å². The molecule has 0 radical (unpaired) electrons. The summed E-state index contributed by atoms with van der Waals surface area (Å²) < 4.78 is 5.56. The molecule has 6 nitrogen and oxygen atoms in total. The highest BCUT2D eigenvalue weighted by Crippen LogP contribution is 2.35. The maximum atomic E-state index is 5.56. The van der Waals surface area contributed by atoms with Gasteiger partial charge in [0.15, 0.2) is 5.16 Å². The Morgan fingerprint density at radius 3 is 2.67 bits per heavy atom. The van der Waals surface area contributed by atoms with Crippen LogP contribution in [0.3, 0.4) is 0 Å². The number of methoxy groups -OCH3 is 1. The van der Waals surface area contributed by atoms with Gasteiger partial charge in [-0.25, -0.2) is 15.8 Å². The predicted molar refractivity (Wildman–Crippen MR) is 73.7 cm³/mol. The minimum atomic E-state index is -0.0270. The summed E-state index contributed by atoms with van der Waals surface area (Å²) in [5.41, 5.74) is 2.52. The Kier molecular flexibility index (Phi) is 4.26. The van der Waals surface area contributed by atoms with Crippen molar-refractivity contribution in [2.75, 3.05) is 30.7 Å². The van der Waals surface area contributed by atoms with Crippen LogP contribution in [0.5, 0.6) is 0 Å². The van der Waals surface area contributed by atoms with E-state index < -0.39 is 0 Å². The number of hydrogen-bond acceptors (Lipinski definition) is 7. The van der Waals surface area contributed by atoms with Crippen molar-refractivity contribution in [1.29, 1.82) is 0 Å². The van der Waals surface area contributed by atoms with Crippen LogP contribution in [0.1, 0.15) is 19.3 Å². The van der Waals surface area contributed by atoms with E-state index in [2.05, 4.69) is 20.7 Å². The Morgan fingerprint density at radius 1 is 1.44 bits per heavy atom. The number of thioether (sulfide) groups is 1. The first kappa shape index (κ1) is 13.4. The molecular weight excluding hydrogens is 250 g/mol. The van der Waals surface area contributed by atoms with Crippen LogP contribution < -0.4 is 16.6 Å². The van der Waals surface area contributed by atoms with E-state index in [0.717, 1.165) is 25.2 Å². The molecule has 1 aromatic rings. The molecule has 0 unspecified atom stereocenters. The number of nitrogens with two attached hydrogens (primary N) is 1. The minimum absolute atomic E-state index is 0.0270. The van der Waals surface area contributed by atoms with Gasteiger partial charge in [-0.15, -0.1) is 0 Å². The third kappa shape index (κ3) is 2.85. The van der Waals surface area contributed by atoms with Gasteiger partial charge in [-0.3, -0.25) is 0 Å². The lowest BCUT2D eigenvalue weighted by molar-refractivity contribution is -0.0601. The molecule has 1 fully saturated rings. The van der Waals surface area contributed by atoms with Crippen LogP contribution >= 0.6 is 11.8 Å². The number of nitrogens with one attached hydrogen (secondary N) is 2. The van der Waals surface area contributed by atoms with Crippen LogP contribution in [-0.2, 0) is 4.74 Å². The number of rotatable bonds is 6. The minimum Gasteiger partial charge on any atom is -0.376 e. The van der Waals surface area contributed by atoms with Crippen molar-refractivity contribution in [3.05, 3.63) is 6.07 Å². The highest BCUT2D eigenvalue weighted by Gasteiger charge is 2.36. The average molecular weight is 269 g/mol. The second-order valence-electron chi connectivity index (χ2n) is 4.36. The fourth-order valence-electron chi connectivity index (χ4n) is 1.96. The molecule has 0 atom stereocenters. The average Bonchev–Trinajstić information content (AvgIpc) is 2.37. The zero-order chi connectivity index (χ0) is 13.0. The molecule has 0 aromatic carbocycles. The normalized spacial score (nSPS) is 17.1. The molecule has 1 saturated carbocycles. The summed E-state index contributed by atoms with van der Waals surface area (Å²) >= 11 is 1.48. The highest BCUT2D eigenvalue weighted by atomic mass is 32.2. The quantitative estimate of drug-likeness (QED) is 0.312. The van der Waals surface area contributed by atoms with E-state index in [0.29, 0.717) is 11.0 Å². The number of nitrogen functional groups attached to an aromatic ring is 1. The summed E-state index contributed by atoms with van der Waals surface area (Å²) in [6, 6.07) is 1.79. The SMILES string of the molecule is COC1(CNc2cc(NN)nc(SC)n2)CCC1. The van der Waals surface area contributed by atoms with Crippen molar-refractivity contribution < 1.29 is 4.74 Å². The Balaban J connectivity index is 2.04. The van der Waals surface area contributed by atoms with Gasteiger partial charge >= 0.3 is 0 Å². The number of aromatic nitrogens is 2. The van der Waals surface area contributed by atoms with Crippen molar-refractivity contribution >= 4 is 23.4 Å². The van der Waals surface area contributed by atoms with E-state index >= 15 is 0 Å². The van der Waals surface area contributed by atoms with Crippen molar-refractivity contribution in [1.82, 2.24) is 9.97 Å². The monoisotopic (exact) mass is 269 g/mol. The zero-order valence-corrected chi connectivity index (χ0v) is 11.5. The largest absolute Gasteiger partial charge is 0.376 e. The van der Waals surface area contributed by atoms with E-state index in [1.807, 2.05) is 6.26 Å². The number of hydrazine groups is 1. The molecule has 100 valence electrons. The van der Waals surface area contributed by atoms with E-state index in [1.54, 1.807) is 13.2 Å². The molecule has 0 spiro atoms. The predicted octanol–water partition coefficient (Wildman–Crippen LogP) is 1.47. The molecule has 1 aliphatic carbocycles. The van der Waals surface area contributed by atoms with Gasteiger partial charge in [-0.1, -0.05) is 11.8 Å². The Morgan fingerprint density at radius 2 is 2.17 bits per heavy atom. The molecule has 18 heavy (non-hydrogen) atoms. The van der Waals surface area contributed by atoms with E-state index in [1.165, 1.54) is 18.2 Å². The number of ether oxygens (including phenoxy) is 1. The molecule has 0 aliphatic heterocycles. The van der Waals surface area contributed by atoms with Gasteiger partial charge in [-0.05, 0) is 25.5 Å². The smallest absolute Gasteiger partial charge is 0.191 e. The highest BCUT2D eigenvalue weighted by molar-refractivity contribution is 7.98. The van der Waals surface area contributed by atoms with E-state index in [9.17, 15) is 0 Å². The molecule has 1 aromatic heterocycles. The van der Waals surface area contributed by atoms with Crippen molar-refractivity contribution in [2.45, 2.75) is 30.0 Å². The third-order valence-electron chi connectivity index (χ3n) is 3.33. The van der Waals surface area contributed by atoms with Crippen LogP contribution in [0.15, 0.2) is 11.2 Å².